The van der Waals surface area contributed by atoms with Crippen molar-refractivity contribution in [1.29, 1.82) is 0 Å². The number of hydrogen-bond acceptors (Lipinski definition) is 8. The van der Waals surface area contributed by atoms with Crippen LogP contribution >= 0.6 is 11.7 Å². The molecule has 0 radical (unpaired) electrons. The van der Waals surface area contributed by atoms with E-state index in [9.17, 15) is 5.11 Å². The molecule has 2 heterocycles. The fraction of sp³-hybridized carbons (Fsp3) is 0.846. The molecule has 0 spiro atoms. The van der Waals surface area contributed by atoms with E-state index in [2.05, 4.69) is 14.1 Å². The first-order valence-electron chi connectivity index (χ1n) is 7.52. The molecule has 1 aromatic rings. The van der Waals surface area contributed by atoms with E-state index in [0.29, 0.717) is 24.9 Å². The highest BCUT2D eigenvalue weighted by atomic mass is 32.1. The number of aliphatic hydroxyl groups is 1. The molecule has 1 atom stereocenters. The number of hydrogen-bond donors (Lipinski definition) is 2. The van der Waals surface area contributed by atoms with Crippen LogP contribution in [-0.2, 0) is 4.74 Å². The van der Waals surface area contributed by atoms with E-state index >= 15 is 0 Å². The van der Waals surface area contributed by atoms with E-state index in [1.807, 2.05) is 25.7 Å². The number of rotatable bonds is 6. The van der Waals surface area contributed by atoms with Crippen LogP contribution in [0.25, 0.3) is 0 Å². The van der Waals surface area contributed by atoms with E-state index in [-0.39, 0.29) is 18.7 Å². The fourth-order valence-electron chi connectivity index (χ4n) is 1.80. The second-order valence-electron chi connectivity index (χ2n) is 5.95. The van der Waals surface area contributed by atoms with Gasteiger partial charge >= 0.3 is 0 Å². The lowest BCUT2D eigenvalue weighted by Crippen LogP contribution is -2.42. The van der Waals surface area contributed by atoms with Gasteiger partial charge in [-0.25, -0.2) is 0 Å². The lowest BCUT2D eigenvalue weighted by molar-refractivity contribution is 0.0975. The Morgan fingerprint density at radius 3 is 2.86 bits per heavy atom. The summed E-state index contributed by atoms with van der Waals surface area (Å²) in [5.41, 5.74) is -0.170. The van der Waals surface area contributed by atoms with Gasteiger partial charge in [0, 0.05) is 25.2 Å². The van der Waals surface area contributed by atoms with Gasteiger partial charge in [0.25, 0.3) is 5.88 Å². The molecular formula is C13H24N4O3S. The maximum Gasteiger partial charge on any atom is 0.270 e. The molecule has 2 N–H and O–H groups in total. The first-order chi connectivity index (χ1) is 10.3. The molecule has 0 unspecified atom stereocenters. The predicted octanol–water partition coefficient (Wildman–Crippen LogP) is 0.502. The summed E-state index contributed by atoms with van der Waals surface area (Å²) in [5, 5.41) is 13.2. The van der Waals surface area contributed by atoms with Crippen molar-refractivity contribution in [1.82, 2.24) is 14.1 Å². The van der Waals surface area contributed by atoms with Crippen molar-refractivity contribution in [3.05, 3.63) is 0 Å². The minimum absolute atomic E-state index is 0.112. The Bertz CT molecular complexity index is 472. The minimum atomic E-state index is -1.72. The van der Waals surface area contributed by atoms with Gasteiger partial charge in [-0.1, -0.05) is 0 Å². The SMILES string of the molecule is [2H][C@@](O)(CNC(C)(C)C)COc1nsnc1N1CCOCC1. The maximum atomic E-state index is 10.1. The maximum absolute atomic E-state index is 10.1. The van der Waals surface area contributed by atoms with Crippen LogP contribution < -0.4 is 15.0 Å². The predicted molar refractivity (Wildman–Crippen MR) is 82.2 cm³/mol. The van der Waals surface area contributed by atoms with E-state index < -0.39 is 6.08 Å². The number of morpholine rings is 1. The number of ether oxygens (including phenoxy) is 2. The average Bonchev–Trinajstić information content (AvgIpc) is 2.92. The van der Waals surface area contributed by atoms with Gasteiger partial charge in [-0.05, 0) is 20.8 Å². The molecule has 0 amide bonds. The molecule has 1 fully saturated rings. The standard InChI is InChI=1S/C13H24N4O3S/c1-13(2,3)14-8-10(18)9-20-12-11(15-21-16-12)17-4-6-19-7-5-17/h10,14,18H,4-9H2,1-3H3/t10-/m1/s1/i10D. The molecule has 21 heavy (non-hydrogen) atoms. The van der Waals surface area contributed by atoms with Crippen LogP contribution in [0.15, 0.2) is 0 Å². The zero-order chi connectivity index (χ0) is 16.2. The van der Waals surface area contributed by atoms with Crippen LogP contribution in [-0.4, -0.2) is 64.9 Å². The summed E-state index contributed by atoms with van der Waals surface area (Å²) in [4.78, 5) is 2.04. The zero-order valence-electron chi connectivity index (χ0n) is 13.8. The van der Waals surface area contributed by atoms with Gasteiger partial charge in [0.15, 0.2) is 0 Å². The van der Waals surface area contributed by atoms with Crippen LogP contribution in [0.2, 0.25) is 0 Å². The Kier molecular flexibility index (Phi) is 5.23. The van der Waals surface area contributed by atoms with E-state index in [1.54, 1.807) is 0 Å². The molecule has 1 saturated heterocycles. The smallest absolute Gasteiger partial charge is 0.270 e. The Morgan fingerprint density at radius 2 is 2.19 bits per heavy atom. The van der Waals surface area contributed by atoms with Gasteiger partial charge < -0.3 is 24.8 Å². The van der Waals surface area contributed by atoms with Gasteiger partial charge in [-0.2, -0.15) is 4.37 Å². The normalized spacial score (nSPS) is 20.0. The van der Waals surface area contributed by atoms with Crippen molar-refractivity contribution in [3.8, 4) is 5.88 Å². The van der Waals surface area contributed by atoms with Gasteiger partial charge in [0.05, 0.1) is 26.3 Å². The van der Waals surface area contributed by atoms with Gasteiger partial charge in [0.1, 0.15) is 12.7 Å². The monoisotopic (exact) mass is 317 g/mol. The summed E-state index contributed by atoms with van der Waals surface area (Å²) in [7, 11) is 0. The third-order valence-corrected chi connectivity index (χ3v) is 3.45. The number of nitrogens with zero attached hydrogens (tertiary/aromatic N) is 3. The second kappa shape index (κ2) is 7.35. The van der Waals surface area contributed by atoms with Crippen LogP contribution in [0.4, 0.5) is 5.82 Å². The van der Waals surface area contributed by atoms with E-state index in [1.165, 1.54) is 0 Å². The molecule has 1 aliphatic heterocycles. The summed E-state index contributed by atoms with van der Waals surface area (Å²) in [6.45, 7) is 8.64. The lowest BCUT2D eigenvalue weighted by Gasteiger charge is -2.27. The second-order valence-corrected chi connectivity index (χ2v) is 6.48. The Balaban J connectivity index is 1.90. The molecule has 1 aliphatic rings. The van der Waals surface area contributed by atoms with Crippen LogP contribution in [0, 0.1) is 0 Å². The van der Waals surface area contributed by atoms with Crippen molar-refractivity contribution in [2.75, 3.05) is 44.4 Å². The third kappa shape index (κ3) is 5.39. The molecule has 2 rings (SSSR count). The highest BCUT2D eigenvalue weighted by Gasteiger charge is 2.21. The Hall–Kier alpha value is -0.960. The third-order valence-electron chi connectivity index (χ3n) is 2.95. The van der Waals surface area contributed by atoms with Crippen molar-refractivity contribution in [2.45, 2.75) is 32.4 Å². The number of aromatic nitrogens is 2. The van der Waals surface area contributed by atoms with Crippen LogP contribution in [0.1, 0.15) is 22.1 Å². The number of nitrogens with one attached hydrogen (secondary N) is 1. The topological polar surface area (TPSA) is 79.7 Å². The first-order valence-corrected chi connectivity index (χ1v) is 7.75. The molecule has 8 heteroatoms. The molecule has 7 nitrogen and oxygen atoms in total. The van der Waals surface area contributed by atoms with E-state index in [4.69, 9.17) is 10.8 Å². The van der Waals surface area contributed by atoms with Gasteiger partial charge in [-0.3, -0.25) is 0 Å². The van der Waals surface area contributed by atoms with Crippen molar-refractivity contribution in [2.24, 2.45) is 0 Å². The Labute approximate surface area is 131 Å². The average molecular weight is 317 g/mol. The number of anilines is 1. The Morgan fingerprint density at radius 1 is 1.48 bits per heavy atom. The van der Waals surface area contributed by atoms with Gasteiger partial charge in [-0.15, -0.1) is 4.37 Å². The summed E-state index contributed by atoms with van der Waals surface area (Å²) in [5.74, 6) is 1.03. The van der Waals surface area contributed by atoms with E-state index in [0.717, 1.165) is 24.8 Å². The number of β-amino-alcohol motifs (C(OH)–C–C–N with tert-alkyl or cyclic N) is 1. The summed E-state index contributed by atoms with van der Waals surface area (Å²) in [6.07, 6.45) is -1.72. The van der Waals surface area contributed by atoms with Gasteiger partial charge in [0.2, 0.25) is 5.82 Å². The molecule has 1 aromatic heterocycles. The highest BCUT2D eigenvalue weighted by Crippen LogP contribution is 2.26. The van der Waals surface area contributed by atoms with Crippen molar-refractivity contribution in [3.63, 3.8) is 0 Å². The minimum Gasteiger partial charge on any atom is -0.472 e. The van der Waals surface area contributed by atoms with Crippen LogP contribution in [0.3, 0.4) is 0 Å². The first kappa shape index (κ1) is 15.0. The molecular weight excluding hydrogens is 292 g/mol. The van der Waals surface area contributed by atoms with Crippen molar-refractivity contribution >= 4 is 17.5 Å². The molecule has 0 aromatic carbocycles. The summed E-state index contributed by atoms with van der Waals surface area (Å²) >= 11 is 1.06. The quantitative estimate of drug-likeness (QED) is 0.791. The van der Waals surface area contributed by atoms with Crippen LogP contribution in [0.5, 0.6) is 5.88 Å². The zero-order valence-corrected chi connectivity index (χ0v) is 13.6. The molecule has 120 valence electrons. The highest BCUT2D eigenvalue weighted by molar-refractivity contribution is 6.99. The fourth-order valence-corrected chi connectivity index (χ4v) is 2.33. The summed E-state index contributed by atoms with van der Waals surface area (Å²) in [6, 6.07) is 0. The molecule has 0 aliphatic carbocycles. The summed E-state index contributed by atoms with van der Waals surface area (Å²) < 4.78 is 27.1. The lowest BCUT2D eigenvalue weighted by atomic mass is 10.1. The molecule has 0 saturated carbocycles. The van der Waals surface area contributed by atoms with Crippen molar-refractivity contribution < 1.29 is 16.0 Å². The largest absolute Gasteiger partial charge is 0.472 e. The molecule has 0 bridgehead atoms.